The number of hydrogen-bond donors (Lipinski definition) is 1. The summed E-state index contributed by atoms with van der Waals surface area (Å²) in [6, 6.07) is 1.86. The van der Waals surface area contributed by atoms with Crippen molar-refractivity contribution in [2.24, 2.45) is 0 Å². The monoisotopic (exact) mass is 293 g/mol. The van der Waals surface area contributed by atoms with Gasteiger partial charge in [-0.2, -0.15) is 4.98 Å². The number of thiophene rings is 1. The average molecular weight is 293 g/mol. The molecule has 0 spiro atoms. The van der Waals surface area contributed by atoms with E-state index in [9.17, 15) is 4.79 Å². The predicted molar refractivity (Wildman–Crippen MR) is 72.5 cm³/mol. The maximum absolute atomic E-state index is 11.9. The number of carbonyl (C=O) groups is 1. The molecule has 20 heavy (non-hydrogen) atoms. The van der Waals surface area contributed by atoms with Gasteiger partial charge in [0.2, 0.25) is 0 Å². The number of amides is 1. The number of aromatic nitrogens is 2. The number of rotatable bonds is 4. The van der Waals surface area contributed by atoms with Gasteiger partial charge in [0.1, 0.15) is 6.10 Å². The van der Waals surface area contributed by atoms with E-state index in [-0.39, 0.29) is 18.6 Å². The second-order valence-electron chi connectivity index (χ2n) is 4.68. The van der Waals surface area contributed by atoms with E-state index in [2.05, 4.69) is 15.5 Å². The van der Waals surface area contributed by atoms with Crippen molar-refractivity contribution in [2.45, 2.75) is 32.4 Å². The van der Waals surface area contributed by atoms with E-state index >= 15 is 0 Å². The Bertz CT molecular complexity index is 602. The molecule has 1 N–H and O–H groups in total. The van der Waals surface area contributed by atoms with Crippen LogP contribution in [0.1, 0.15) is 45.9 Å². The highest BCUT2D eigenvalue weighted by atomic mass is 32.1. The largest absolute Gasteiger partial charge is 0.368 e. The number of nitrogens with zero attached hydrogens (tertiary/aromatic N) is 2. The third-order valence-corrected chi connectivity index (χ3v) is 3.95. The van der Waals surface area contributed by atoms with E-state index in [1.807, 2.05) is 18.4 Å². The maximum Gasteiger partial charge on any atom is 0.255 e. The van der Waals surface area contributed by atoms with Crippen LogP contribution in [0.25, 0.3) is 0 Å². The maximum atomic E-state index is 11.9. The first-order valence-electron chi connectivity index (χ1n) is 6.50. The van der Waals surface area contributed by atoms with E-state index in [0.717, 1.165) is 24.3 Å². The van der Waals surface area contributed by atoms with E-state index in [0.29, 0.717) is 17.3 Å². The standard InChI is InChI=1S/C13H15N3O3S/c1-8-5-9(7-20-8)12(17)14-6-11-15-13(19-16-11)10-3-2-4-18-10/h5,7,10H,2-4,6H2,1H3,(H,14,17)/t10-/m0/s1. The third-order valence-electron chi connectivity index (χ3n) is 3.09. The summed E-state index contributed by atoms with van der Waals surface area (Å²) in [7, 11) is 0. The number of nitrogens with one attached hydrogen (secondary N) is 1. The molecule has 1 amide bonds. The molecule has 1 aliphatic heterocycles. The van der Waals surface area contributed by atoms with Crippen LogP contribution in [0, 0.1) is 6.92 Å². The fourth-order valence-corrected chi connectivity index (χ4v) is 2.75. The second-order valence-corrected chi connectivity index (χ2v) is 5.79. The van der Waals surface area contributed by atoms with E-state index in [1.165, 1.54) is 0 Å². The Hall–Kier alpha value is -1.73. The van der Waals surface area contributed by atoms with Crippen molar-refractivity contribution in [1.82, 2.24) is 15.5 Å². The van der Waals surface area contributed by atoms with Crippen LogP contribution >= 0.6 is 11.3 Å². The zero-order valence-corrected chi connectivity index (χ0v) is 11.9. The van der Waals surface area contributed by atoms with Crippen LogP contribution in [-0.2, 0) is 11.3 Å². The van der Waals surface area contributed by atoms with Gasteiger partial charge >= 0.3 is 0 Å². The van der Waals surface area contributed by atoms with Gasteiger partial charge < -0.3 is 14.6 Å². The van der Waals surface area contributed by atoms with Crippen LogP contribution in [0.2, 0.25) is 0 Å². The molecule has 7 heteroatoms. The van der Waals surface area contributed by atoms with Crippen LogP contribution in [0.3, 0.4) is 0 Å². The molecule has 1 saturated heterocycles. The van der Waals surface area contributed by atoms with Crippen LogP contribution in [0.5, 0.6) is 0 Å². The van der Waals surface area contributed by atoms with Crippen molar-refractivity contribution in [1.29, 1.82) is 0 Å². The molecule has 106 valence electrons. The summed E-state index contributed by atoms with van der Waals surface area (Å²) in [6.07, 6.45) is 1.82. The average Bonchev–Trinajstić information content (AvgIpc) is 3.16. The van der Waals surface area contributed by atoms with E-state index in [4.69, 9.17) is 9.26 Å². The van der Waals surface area contributed by atoms with Gasteiger partial charge in [0.25, 0.3) is 11.8 Å². The smallest absolute Gasteiger partial charge is 0.255 e. The summed E-state index contributed by atoms with van der Waals surface area (Å²) < 4.78 is 10.6. The molecule has 0 bridgehead atoms. The molecule has 6 nitrogen and oxygen atoms in total. The molecular formula is C13H15N3O3S. The minimum Gasteiger partial charge on any atom is -0.368 e. The molecule has 2 aromatic rings. The van der Waals surface area contributed by atoms with Crippen molar-refractivity contribution >= 4 is 17.2 Å². The van der Waals surface area contributed by atoms with Gasteiger partial charge in [-0.25, -0.2) is 0 Å². The highest BCUT2D eigenvalue weighted by Crippen LogP contribution is 2.26. The molecule has 1 atom stereocenters. The normalized spacial score (nSPS) is 18.4. The molecular weight excluding hydrogens is 278 g/mol. The Morgan fingerprint density at radius 1 is 1.60 bits per heavy atom. The Morgan fingerprint density at radius 2 is 2.50 bits per heavy atom. The SMILES string of the molecule is Cc1cc(C(=O)NCc2noc([C@@H]3CCCO3)n2)cs1. The fraction of sp³-hybridized carbons (Fsp3) is 0.462. The Morgan fingerprint density at radius 3 is 3.20 bits per heavy atom. The van der Waals surface area contributed by atoms with E-state index < -0.39 is 0 Å². The molecule has 2 aromatic heterocycles. The van der Waals surface area contributed by atoms with Crippen molar-refractivity contribution in [3.05, 3.63) is 33.6 Å². The van der Waals surface area contributed by atoms with Crippen molar-refractivity contribution in [3.63, 3.8) is 0 Å². The Labute approximate surface area is 120 Å². The third kappa shape index (κ3) is 2.88. The van der Waals surface area contributed by atoms with Crippen molar-refractivity contribution in [3.8, 4) is 0 Å². The zero-order valence-electron chi connectivity index (χ0n) is 11.1. The molecule has 1 aliphatic rings. The Balaban J connectivity index is 1.57. The van der Waals surface area contributed by atoms with Gasteiger partial charge in [-0.3, -0.25) is 4.79 Å². The highest BCUT2D eigenvalue weighted by Gasteiger charge is 2.23. The summed E-state index contributed by atoms with van der Waals surface area (Å²) in [5.41, 5.74) is 0.662. The minimum atomic E-state index is -0.127. The zero-order chi connectivity index (χ0) is 13.9. The summed E-state index contributed by atoms with van der Waals surface area (Å²) in [4.78, 5) is 17.2. The van der Waals surface area contributed by atoms with Crippen molar-refractivity contribution in [2.75, 3.05) is 6.61 Å². The number of ether oxygens (including phenoxy) is 1. The van der Waals surface area contributed by atoms with Gasteiger partial charge in [0.15, 0.2) is 5.82 Å². The van der Waals surface area contributed by atoms with Crippen LogP contribution in [0.15, 0.2) is 16.0 Å². The molecule has 0 aromatic carbocycles. The second kappa shape index (κ2) is 5.72. The highest BCUT2D eigenvalue weighted by molar-refractivity contribution is 7.10. The lowest BCUT2D eigenvalue weighted by molar-refractivity contribution is 0.0835. The lowest BCUT2D eigenvalue weighted by atomic mass is 10.2. The van der Waals surface area contributed by atoms with Gasteiger partial charge in [0.05, 0.1) is 12.1 Å². The van der Waals surface area contributed by atoms with Gasteiger partial charge in [0, 0.05) is 16.9 Å². The lowest BCUT2D eigenvalue weighted by Gasteiger charge is -2.01. The van der Waals surface area contributed by atoms with Crippen molar-refractivity contribution < 1.29 is 14.1 Å². The summed E-state index contributed by atoms with van der Waals surface area (Å²) in [5, 5.41) is 8.46. The number of aryl methyl sites for hydroxylation is 1. The van der Waals surface area contributed by atoms with Crippen LogP contribution < -0.4 is 5.32 Å². The van der Waals surface area contributed by atoms with Crippen LogP contribution in [0.4, 0.5) is 0 Å². The molecule has 3 rings (SSSR count). The first-order valence-corrected chi connectivity index (χ1v) is 7.38. The summed E-state index contributed by atoms with van der Waals surface area (Å²) in [5.74, 6) is 0.840. The molecule has 1 fully saturated rings. The topological polar surface area (TPSA) is 77.2 Å². The summed E-state index contributed by atoms with van der Waals surface area (Å²) in [6.45, 7) is 2.95. The molecule has 3 heterocycles. The first-order chi connectivity index (χ1) is 9.72. The predicted octanol–water partition coefficient (Wildman–Crippen LogP) is 2.22. The number of hydrogen-bond acceptors (Lipinski definition) is 6. The number of carbonyl (C=O) groups excluding carboxylic acids is 1. The van der Waals surface area contributed by atoms with Gasteiger partial charge in [-0.05, 0) is 25.8 Å². The summed E-state index contributed by atoms with van der Waals surface area (Å²) >= 11 is 1.55. The van der Waals surface area contributed by atoms with Gasteiger partial charge in [-0.1, -0.05) is 5.16 Å². The fourth-order valence-electron chi connectivity index (χ4n) is 2.07. The van der Waals surface area contributed by atoms with E-state index in [1.54, 1.807) is 11.3 Å². The molecule has 0 saturated carbocycles. The Kier molecular flexibility index (Phi) is 3.79. The lowest BCUT2D eigenvalue weighted by Crippen LogP contribution is -2.22. The minimum absolute atomic E-state index is 0.0912. The molecule has 0 aliphatic carbocycles. The molecule has 0 unspecified atom stereocenters. The van der Waals surface area contributed by atoms with Crippen LogP contribution in [-0.4, -0.2) is 22.7 Å². The quantitative estimate of drug-likeness (QED) is 0.935. The first kappa shape index (κ1) is 13.3. The van der Waals surface area contributed by atoms with Gasteiger partial charge in [-0.15, -0.1) is 11.3 Å². The molecule has 0 radical (unpaired) electrons.